The predicted octanol–water partition coefficient (Wildman–Crippen LogP) is 4.31. The predicted molar refractivity (Wildman–Crippen MR) is 130 cm³/mol. The van der Waals surface area contributed by atoms with E-state index in [2.05, 4.69) is 21.2 Å². The van der Waals surface area contributed by atoms with Crippen LogP contribution in [0.4, 0.5) is 29.3 Å². The number of carbonyl (C=O) groups is 4. The molecule has 1 heterocycles. The van der Waals surface area contributed by atoms with Crippen LogP contribution in [0, 0.1) is 0 Å². The van der Waals surface area contributed by atoms with Crippen molar-refractivity contribution in [2.24, 2.45) is 0 Å². The SMILES string of the molecule is CCOC(=O)N1CCN(c2ccc(C(=O)O)cc2NC(=O)c2ccc(Br)cc2)CC1.O=C(O)C(F)(F)F. The lowest BCUT2D eigenvalue weighted by molar-refractivity contribution is -0.192. The topological polar surface area (TPSA) is 136 Å². The van der Waals surface area contributed by atoms with Gasteiger partial charge in [0.1, 0.15) is 0 Å². The van der Waals surface area contributed by atoms with Gasteiger partial charge in [-0.05, 0) is 49.4 Å². The molecule has 2 aromatic carbocycles. The average molecular weight is 590 g/mol. The van der Waals surface area contributed by atoms with Crippen molar-refractivity contribution in [3.63, 3.8) is 0 Å². The Morgan fingerprint density at radius 3 is 2.00 bits per heavy atom. The van der Waals surface area contributed by atoms with E-state index in [-0.39, 0.29) is 17.6 Å². The zero-order valence-electron chi connectivity index (χ0n) is 19.4. The Labute approximate surface area is 217 Å². The molecule has 0 saturated carbocycles. The maximum Gasteiger partial charge on any atom is 0.490 e. The van der Waals surface area contributed by atoms with Crippen molar-refractivity contribution in [1.29, 1.82) is 0 Å². The summed E-state index contributed by atoms with van der Waals surface area (Å²) >= 11 is 3.33. The van der Waals surface area contributed by atoms with E-state index >= 15 is 0 Å². The Bertz CT molecular complexity index is 1140. The van der Waals surface area contributed by atoms with E-state index in [0.717, 1.165) is 4.47 Å². The number of amides is 2. The van der Waals surface area contributed by atoms with E-state index in [4.69, 9.17) is 14.6 Å². The molecule has 2 amide bonds. The molecule has 0 aromatic heterocycles. The molecule has 0 bridgehead atoms. The number of benzene rings is 2. The molecule has 200 valence electrons. The van der Waals surface area contributed by atoms with Gasteiger partial charge in [-0.3, -0.25) is 4.79 Å². The van der Waals surface area contributed by atoms with E-state index in [0.29, 0.717) is 49.7 Å². The molecule has 0 atom stereocenters. The Morgan fingerprint density at radius 2 is 1.51 bits per heavy atom. The summed E-state index contributed by atoms with van der Waals surface area (Å²) < 4.78 is 37.6. The van der Waals surface area contributed by atoms with Gasteiger partial charge in [-0.25, -0.2) is 14.4 Å². The molecule has 2 aromatic rings. The van der Waals surface area contributed by atoms with Gasteiger partial charge >= 0.3 is 24.2 Å². The van der Waals surface area contributed by atoms with Gasteiger partial charge in [0, 0.05) is 36.2 Å². The highest BCUT2D eigenvalue weighted by molar-refractivity contribution is 9.10. The zero-order valence-corrected chi connectivity index (χ0v) is 21.0. The number of ether oxygens (including phenoxy) is 1. The fourth-order valence-electron chi connectivity index (χ4n) is 3.19. The number of anilines is 2. The lowest BCUT2D eigenvalue weighted by Crippen LogP contribution is -2.49. The largest absolute Gasteiger partial charge is 0.490 e. The molecule has 1 aliphatic heterocycles. The molecule has 10 nitrogen and oxygen atoms in total. The van der Waals surface area contributed by atoms with Crippen LogP contribution in [-0.2, 0) is 9.53 Å². The molecule has 1 aliphatic rings. The van der Waals surface area contributed by atoms with Gasteiger partial charge in [0.05, 0.1) is 23.5 Å². The summed E-state index contributed by atoms with van der Waals surface area (Å²) in [5.41, 5.74) is 1.65. The van der Waals surface area contributed by atoms with Crippen molar-refractivity contribution >= 4 is 51.2 Å². The maximum absolute atomic E-state index is 12.7. The van der Waals surface area contributed by atoms with Gasteiger partial charge in [0.2, 0.25) is 0 Å². The minimum absolute atomic E-state index is 0.0787. The zero-order chi connectivity index (χ0) is 27.8. The molecule has 0 radical (unpaired) electrons. The second-order valence-corrected chi connectivity index (χ2v) is 8.39. The first kappa shape index (κ1) is 29.4. The van der Waals surface area contributed by atoms with Gasteiger partial charge in [-0.1, -0.05) is 15.9 Å². The molecule has 37 heavy (non-hydrogen) atoms. The summed E-state index contributed by atoms with van der Waals surface area (Å²) in [7, 11) is 0. The average Bonchev–Trinajstić information content (AvgIpc) is 2.84. The van der Waals surface area contributed by atoms with Crippen LogP contribution in [0.2, 0.25) is 0 Å². The molecule has 0 unspecified atom stereocenters. The number of carboxylic acid groups (broad SMARTS) is 2. The first-order valence-corrected chi connectivity index (χ1v) is 11.5. The molecule has 3 N–H and O–H groups in total. The summed E-state index contributed by atoms with van der Waals surface area (Å²) in [5, 5.41) is 19.3. The van der Waals surface area contributed by atoms with Gasteiger partial charge in [0.15, 0.2) is 0 Å². The first-order chi connectivity index (χ1) is 17.3. The number of nitrogens with zero attached hydrogens (tertiary/aromatic N) is 2. The Kier molecular flexibility index (Phi) is 10.3. The summed E-state index contributed by atoms with van der Waals surface area (Å²) in [6.45, 7) is 4.10. The van der Waals surface area contributed by atoms with Crippen molar-refractivity contribution < 1.29 is 47.3 Å². The van der Waals surface area contributed by atoms with Crippen LogP contribution in [0.1, 0.15) is 27.6 Å². The Balaban J connectivity index is 0.000000604. The number of halogens is 4. The maximum atomic E-state index is 12.7. The fourth-order valence-corrected chi connectivity index (χ4v) is 3.45. The van der Waals surface area contributed by atoms with Gasteiger partial charge in [-0.15, -0.1) is 0 Å². The fraction of sp³-hybridized carbons (Fsp3) is 0.304. The van der Waals surface area contributed by atoms with Crippen LogP contribution < -0.4 is 10.2 Å². The number of hydrogen-bond acceptors (Lipinski definition) is 6. The number of rotatable bonds is 5. The highest BCUT2D eigenvalue weighted by Gasteiger charge is 2.38. The third kappa shape index (κ3) is 8.66. The van der Waals surface area contributed by atoms with Crippen LogP contribution >= 0.6 is 15.9 Å². The van der Waals surface area contributed by atoms with Gasteiger partial charge in [0.25, 0.3) is 5.91 Å². The standard InChI is InChI=1S/C21H22BrN3O5.C2HF3O2/c1-2-30-21(29)25-11-9-24(10-12-25)18-8-5-15(20(27)28)13-17(18)23-19(26)14-3-6-16(22)7-4-14;3-2(4,5)1(6)7/h3-8,13H,2,9-12H2,1H3,(H,23,26)(H,27,28);(H,6,7). The highest BCUT2D eigenvalue weighted by atomic mass is 79.9. The van der Waals surface area contributed by atoms with E-state index < -0.39 is 18.1 Å². The molecule has 3 rings (SSSR count). The number of nitrogens with one attached hydrogen (secondary N) is 1. The molecule has 0 spiro atoms. The second kappa shape index (κ2) is 12.9. The van der Waals surface area contributed by atoms with E-state index in [1.807, 2.05) is 4.90 Å². The van der Waals surface area contributed by atoms with Crippen molar-refractivity contribution in [1.82, 2.24) is 4.90 Å². The summed E-state index contributed by atoms with van der Waals surface area (Å²) in [4.78, 5) is 48.6. The quantitative estimate of drug-likeness (QED) is 0.469. The van der Waals surface area contributed by atoms with Crippen molar-refractivity contribution in [3.8, 4) is 0 Å². The summed E-state index contributed by atoms with van der Waals surface area (Å²) in [6, 6.07) is 11.5. The number of carbonyl (C=O) groups excluding carboxylic acids is 2. The number of aromatic carboxylic acids is 1. The van der Waals surface area contributed by atoms with Crippen molar-refractivity contribution in [2.45, 2.75) is 13.1 Å². The van der Waals surface area contributed by atoms with E-state index in [9.17, 15) is 32.7 Å². The number of carboxylic acids is 2. The highest BCUT2D eigenvalue weighted by Crippen LogP contribution is 2.29. The third-order valence-electron chi connectivity index (χ3n) is 4.99. The smallest absolute Gasteiger partial charge is 0.478 e. The second-order valence-electron chi connectivity index (χ2n) is 7.47. The summed E-state index contributed by atoms with van der Waals surface area (Å²) in [6.07, 6.45) is -5.43. The lowest BCUT2D eigenvalue weighted by Gasteiger charge is -2.36. The monoisotopic (exact) mass is 589 g/mol. The number of piperazine rings is 1. The molecule has 1 saturated heterocycles. The summed E-state index contributed by atoms with van der Waals surface area (Å²) in [5.74, 6) is -4.17. The van der Waals surface area contributed by atoms with Crippen LogP contribution in [0.5, 0.6) is 0 Å². The van der Waals surface area contributed by atoms with Crippen LogP contribution in [0.25, 0.3) is 0 Å². The molecule has 14 heteroatoms. The van der Waals surface area contributed by atoms with Crippen LogP contribution in [0.3, 0.4) is 0 Å². The van der Waals surface area contributed by atoms with Gasteiger partial charge in [-0.2, -0.15) is 13.2 Å². The normalized spacial score (nSPS) is 13.2. The molecular formula is C23H23BrF3N3O7. The van der Waals surface area contributed by atoms with Crippen molar-refractivity contribution in [3.05, 3.63) is 58.1 Å². The first-order valence-electron chi connectivity index (χ1n) is 10.7. The minimum atomic E-state index is -5.08. The number of hydrogen-bond donors (Lipinski definition) is 3. The molecular weight excluding hydrogens is 567 g/mol. The third-order valence-corrected chi connectivity index (χ3v) is 5.52. The van der Waals surface area contributed by atoms with E-state index in [1.54, 1.807) is 42.2 Å². The van der Waals surface area contributed by atoms with Gasteiger partial charge < -0.3 is 30.1 Å². The minimum Gasteiger partial charge on any atom is -0.478 e. The number of aliphatic carboxylic acids is 1. The van der Waals surface area contributed by atoms with Crippen molar-refractivity contribution in [2.75, 3.05) is 43.0 Å². The van der Waals surface area contributed by atoms with Crippen LogP contribution in [0.15, 0.2) is 46.9 Å². The molecule has 1 fully saturated rings. The molecule has 0 aliphatic carbocycles. The van der Waals surface area contributed by atoms with Crippen LogP contribution in [-0.4, -0.2) is 78.0 Å². The lowest BCUT2D eigenvalue weighted by atomic mass is 10.1. The Hall–Kier alpha value is -3.81. The number of alkyl halides is 3. The Morgan fingerprint density at radius 1 is 0.973 bits per heavy atom. The van der Waals surface area contributed by atoms with E-state index in [1.165, 1.54) is 12.1 Å².